The van der Waals surface area contributed by atoms with Gasteiger partial charge in [0, 0.05) is 44.0 Å². The first-order valence-electron chi connectivity index (χ1n) is 9.45. The summed E-state index contributed by atoms with van der Waals surface area (Å²) in [5, 5.41) is 0. The van der Waals surface area contributed by atoms with E-state index < -0.39 is 0 Å². The van der Waals surface area contributed by atoms with Crippen molar-refractivity contribution in [2.45, 2.75) is 25.3 Å². The van der Waals surface area contributed by atoms with E-state index in [1.807, 2.05) is 24.4 Å². The SMILES string of the molecule is CN(CCc1ccccn1)C1CCCN(C/C=C/c2ccc(F)cc2)C1. The van der Waals surface area contributed by atoms with Crippen LogP contribution in [0, 0.1) is 5.82 Å². The summed E-state index contributed by atoms with van der Waals surface area (Å²) in [7, 11) is 2.23. The quantitative estimate of drug-likeness (QED) is 0.753. The highest BCUT2D eigenvalue weighted by Gasteiger charge is 2.22. The maximum absolute atomic E-state index is 12.9. The van der Waals surface area contributed by atoms with Gasteiger partial charge in [0.25, 0.3) is 0 Å². The van der Waals surface area contributed by atoms with Crippen LogP contribution in [0.5, 0.6) is 0 Å². The van der Waals surface area contributed by atoms with Crippen molar-refractivity contribution in [3.63, 3.8) is 0 Å². The van der Waals surface area contributed by atoms with Crippen molar-refractivity contribution in [2.24, 2.45) is 0 Å². The lowest BCUT2D eigenvalue weighted by molar-refractivity contribution is 0.125. The zero-order valence-corrected chi connectivity index (χ0v) is 15.5. The molecule has 2 aromatic rings. The zero-order chi connectivity index (χ0) is 18.2. The fraction of sp³-hybridized carbons (Fsp3) is 0.409. The predicted molar refractivity (Wildman–Crippen MR) is 105 cm³/mol. The summed E-state index contributed by atoms with van der Waals surface area (Å²) in [5.41, 5.74) is 2.21. The number of piperidine rings is 1. The van der Waals surface area contributed by atoms with Crippen LogP contribution in [0.2, 0.25) is 0 Å². The minimum absolute atomic E-state index is 0.185. The molecule has 4 heteroatoms. The molecule has 0 bridgehead atoms. The molecule has 1 atom stereocenters. The molecule has 0 spiro atoms. The molecule has 1 aromatic heterocycles. The molecule has 0 N–H and O–H groups in total. The first-order chi connectivity index (χ1) is 12.7. The molecule has 1 fully saturated rings. The van der Waals surface area contributed by atoms with Gasteiger partial charge in [-0.1, -0.05) is 30.4 Å². The number of halogens is 1. The molecule has 0 radical (unpaired) electrons. The largest absolute Gasteiger partial charge is 0.302 e. The van der Waals surface area contributed by atoms with E-state index in [-0.39, 0.29) is 5.82 Å². The van der Waals surface area contributed by atoms with Crippen molar-refractivity contribution in [3.8, 4) is 0 Å². The van der Waals surface area contributed by atoms with Crippen molar-refractivity contribution in [1.29, 1.82) is 0 Å². The molecular weight excluding hydrogens is 325 g/mol. The number of hydrogen-bond acceptors (Lipinski definition) is 3. The van der Waals surface area contributed by atoms with Crippen LogP contribution in [0.4, 0.5) is 4.39 Å². The standard InChI is InChI=1S/C22H28FN3/c1-25(17-13-21-7-2-3-14-24-21)22-8-5-16-26(18-22)15-4-6-19-9-11-20(23)12-10-19/h2-4,6-7,9-12,14,22H,5,8,13,15-18H2,1H3/b6-4+. The summed E-state index contributed by atoms with van der Waals surface area (Å²) in [6.45, 7) is 4.24. The third kappa shape index (κ3) is 5.75. The molecular formula is C22H28FN3. The molecule has 3 rings (SSSR count). The van der Waals surface area contributed by atoms with E-state index in [2.05, 4.69) is 46.1 Å². The van der Waals surface area contributed by atoms with Crippen LogP contribution < -0.4 is 0 Å². The van der Waals surface area contributed by atoms with Gasteiger partial charge < -0.3 is 4.90 Å². The maximum Gasteiger partial charge on any atom is 0.123 e. The molecule has 1 aliphatic heterocycles. The van der Waals surface area contributed by atoms with E-state index in [9.17, 15) is 4.39 Å². The summed E-state index contributed by atoms with van der Waals surface area (Å²) in [4.78, 5) is 9.40. The lowest BCUT2D eigenvalue weighted by Crippen LogP contribution is -2.47. The smallest absolute Gasteiger partial charge is 0.123 e. The van der Waals surface area contributed by atoms with Gasteiger partial charge in [0.05, 0.1) is 0 Å². The predicted octanol–water partition coefficient (Wildman–Crippen LogP) is 3.87. The second kappa shape index (κ2) is 9.60. The van der Waals surface area contributed by atoms with Crippen LogP contribution in [0.1, 0.15) is 24.1 Å². The van der Waals surface area contributed by atoms with Crippen LogP contribution in [0.3, 0.4) is 0 Å². The molecule has 3 nitrogen and oxygen atoms in total. The fourth-order valence-electron chi connectivity index (χ4n) is 3.49. The molecule has 26 heavy (non-hydrogen) atoms. The van der Waals surface area contributed by atoms with E-state index in [0.717, 1.165) is 43.9 Å². The topological polar surface area (TPSA) is 19.4 Å². The second-order valence-corrected chi connectivity index (χ2v) is 7.06. The summed E-state index contributed by atoms with van der Waals surface area (Å²) >= 11 is 0. The maximum atomic E-state index is 12.9. The second-order valence-electron chi connectivity index (χ2n) is 7.06. The van der Waals surface area contributed by atoms with Gasteiger partial charge in [-0.2, -0.15) is 0 Å². The number of aromatic nitrogens is 1. The van der Waals surface area contributed by atoms with Gasteiger partial charge in [-0.3, -0.25) is 9.88 Å². The van der Waals surface area contributed by atoms with Crippen molar-refractivity contribution in [1.82, 2.24) is 14.8 Å². The normalized spacial score (nSPS) is 18.7. The van der Waals surface area contributed by atoms with Crippen LogP contribution in [0.15, 0.2) is 54.7 Å². The highest BCUT2D eigenvalue weighted by atomic mass is 19.1. The molecule has 2 heterocycles. The molecule has 1 saturated heterocycles. The Hall–Kier alpha value is -2.04. The van der Waals surface area contributed by atoms with Crippen LogP contribution in [-0.2, 0) is 6.42 Å². The van der Waals surface area contributed by atoms with Gasteiger partial charge in [-0.25, -0.2) is 4.39 Å². The Bertz CT molecular complexity index is 684. The van der Waals surface area contributed by atoms with Gasteiger partial charge >= 0.3 is 0 Å². The average molecular weight is 353 g/mol. The Kier molecular flexibility index (Phi) is 6.92. The zero-order valence-electron chi connectivity index (χ0n) is 15.5. The molecule has 0 amide bonds. The monoisotopic (exact) mass is 353 g/mol. The first kappa shape index (κ1) is 18.7. The number of rotatable bonds is 7. The van der Waals surface area contributed by atoms with E-state index >= 15 is 0 Å². The van der Waals surface area contributed by atoms with Crippen molar-refractivity contribution in [2.75, 3.05) is 33.2 Å². The van der Waals surface area contributed by atoms with E-state index in [1.54, 1.807) is 0 Å². The Balaban J connectivity index is 1.45. The van der Waals surface area contributed by atoms with E-state index in [0.29, 0.717) is 6.04 Å². The van der Waals surface area contributed by atoms with Gasteiger partial charge in [0.15, 0.2) is 0 Å². The van der Waals surface area contributed by atoms with Gasteiger partial charge in [0.2, 0.25) is 0 Å². The van der Waals surface area contributed by atoms with Crippen molar-refractivity contribution >= 4 is 6.08 Å². The Labute approximate surface area is 156 Å². The Morgan fingerprint density at radius 2 is 2.08 bits per heavy atom. The van der Waals surface area contributed by atoms with Crippen LogP contribution >= 0.6 is 0 Å². The molecule has 138 valence electrons. The Morgan fingerprint density at radius 3 is 2.85 bits per heavy atom. The minimum Gasteiger partial charge on any atom is -0.302 e. The number of hydrogen-bond donors (Lipinski definition) is 0. The fourth-order valence-corrected chi connectivity index (χ4v) is 3.49. The Morgan fingerprint density at radius 1 is 1.23 bits per heavy atom. The molecule has 1 aromatic carbocycles. The molecule has 0 saturated carbocycles. The van der Waals surface area contributed by atoms with E-state index in [4.69, 9.17) is 0 Å². The summed E-state index contributed by atoms with van der Waals surface area (Å²) < 4.78 is 12.9. The highest BCUT2D eigenvalue weighted by Crippen LogP contribution is 2.15. The third-order valence-electron chi connectivity index (χ3n) is 5.09. The van der Waals surface area contributed by atoms with Gasteiger partial charge in [0.1, 0.15) is 5.82 Å². The number of pyridine rings is 1. The highest BCUT2D eigenvalue weighted by molar-refractivity contribution is 5.48. The van der Waals surface area contributed by atoms with E-state index in [1.165, 1.54) is 25.0 Å². The summed E-state index contributed by atoms with van der Waals surface area (Å²) in [6.07, 6.45) is 9.63. The number of benzene rings is 1. The molecule has 1 unspecified atom stereocenters. The lowest BCUT2D eigenvalue weighted by atomic mass is 10.0. The number of nitrogens with zero attached hydrogens (tertiary/aromatic N) is 3. The third-order valence-corrected chi connectivity index (χ3v) is 5.09. The van der Waals surface area contributed by atoms with Crippen molar-refractivity contribution < 1.29 is 4.39 Å². The first-order valence-corrected chi connectivity index (χ1v) is 9.45. The molecule has 0 aliphatic carbocycles. The number of likely N-dealkylation sites (tertiary alicyclic amines) is 1. The number of likely N-dealkylation sites (N-methyl/N-ethyl adjacent to an activating group) is 1. The van der Waals surface area contributed by atoms with Crippen LogP contribution in [0.25, 0.3) is 6.08 Å². The molecule has 1 aliphatic rings. The lowest BCUT2D eigenvalue weighted by Gasteiger charge is -2.37. The minimum atomic E-state index is -0.185. The van der Waals surface area contributed by atoms with Crippen molar-refractivity contribution in [3.05, 3.63) is 71.8 Å². The summed E-state index contributed by atoms with van der Waals surface area (Å²) in [5.74, 6) is -0.185. The van der Waals surface area contributed by atoms with Crippen LogP contribution in [-0.4, -0.2) is 54.1 Å². The van der Waals surface area contributed by atoms with Gasteiger partial charge in [-0.05, 0) is 56.3 Å². The summed E-state index contributed by atoms with van der Waals surface area (Å²) in [6, 6.07) is 13.4. The average Bonchev–Trinajstić information content (AvgIpc) is 2.69. The van der Waals surface area contributed by atoms with Gasteiger partial charge in [-0.15, -0.1) is 0 Å².